The summed E-state index contributed by atoms with van der Waals surface area (Å²) in [6, 6.07) is 0. The lowest BCUT2D eigenvalue weighted by Crippen LogP contribution is -2.03. The first-order chi connectivity index (χ1) is 5.72. The molecule has 0 fully saturated rings. The van der Waals surface area contributed by atoms with E-state index in [4.69, 9.17) is 4.74 Å². The van der Waals surface area contributed by atoms with Crippen LogP contribution in [0, 0.1) is 0 Å². The predicted octanol–water partition coefficient (Wildman–Crippen LogP) is 1.58. The van der Waals surface area contributed by atoms with Crippen molar-refractivity contribution >= 4 is 11.8 Å². The van der Waals surface area contributed by atoms with E-state index >= 15 is 0 Å². The molecular formula is C9H12O3. The van der Waals surface area contributed by atoms with E-state index in [1.807, 2.05) is 6.92 Å². The maximum Gasteiger partial charge on any atom is 0.310 e. The van der Waals surface area contributed by atoms with Crippen molar-refractivity contribution in [1.29, 1.82) is 0 Å². The van der Waals surface area contributed by atoms with Gasteiger partial charge in [-0.15, -0.1) is 0 Å². The van der Waals surface area contributed by atoms with Crippen LogP contribution in [0.5, 0.6) is 0 Å². The first kappa shape index (κ1) is 8.97. The molecule has 3 heteroatoms. The summed E-state index contributed by atoms with van der Waals surface area (Å²) < 4.78 is 4.92. The molecule has 0 aromatic heterocycles. The Hall–Kier alpha value is -1.12. The van der Waals surface area contributed by atoms with Crippen molar-refractivity contribution in [2.75, 3.05) is 0 Å². The topological polar surface area (TPSA) is 43.4 Å². The Balaban J connectivity index is 2.32. The first-order valence-corrected chi connectivity index (χ1v) is 4.13. The zero-order valence-corrected chi connectivity index (χ0v) is 7.13. The fourth-order valence-electron chi connectivity index (χ4n) is 1.05. The van der Waals surface area contributed by atoms with Gasteiger partial charge in [-0.2, -0.15) is 0 Å². The normalized spacial score (nSPS) is 16.1. The highest BCUT2D eigenvalue weighted by atomic mass is 16.5. The molecule has 0 heterocycles. The molecule has 0 spiro atoms. The van der Waals surface area contributed by atoms with E-state index in [2.05, 4.69) is 0 Å². The summed E-state index contributed by atoms with van der Waals surface area (Å²) in [4.78, 5) is 21.7. The minimum Gasteiger partial charge on any atom is -0.431 e. The molecule has 0 bridgehead atoms. The lowest BCUT2D eigenvalue weighted by atomic mass is 10.3. The fraction of sp³-hybridized carbons (Fsp3) is 0.556. The average Bonchev–Trinajstić information content (AvgIpc) is 2.36. The average molecular weight is 168 g/mol. The Bertz CT molecular complexity index is 228. The monoisotopic (exact) mass is 168 g/mol. The van der Waals surface area contributed by atoms with Crippen LogP contribution < -0.4 is 0 Å². The molecule has 0 N–H and O–H groups in total. The summed E-state index contributed by atoms with van der Waals surface area (Å²) in [6.45, 7) is 1.91. The van der Waals surface area contributed by atoms with Gasteiger partial charge >= 0.3 is 5.97 Å². The smallest absolute Gasteiger partial charge is 0.310 e. The molecule has 3 nitrogen and oxygen atoms in total. The molecule has 0 aliphatic heterocycles. The Morgan fingerprint density at radius 1 is 1.67 bits per heavy atom. The second kappa shape index (κ2) is 4.04. The number of carbonyl (C=O) groups excluding carboxylic acids is 2. The summed E-state index contributed by atoms with van der Waals surface area (Å²) in [5, 5.41) is 0. The number of rotatable bonds is 3. The summed E-state index contributed by atoms with van der Waals surface area (Å²) in [5.74, 6) is 0.409. The number of ether oxygens (including phenoxy) is 1. The Morgan fingerprint density at radius 3 is 2.92 bits per heavy atom. The van der Waals surface area contributed by atoms with E-state index in [9.17, 15) is 9.59 Å². The Labute approximate surface area is 71.4 Å². The highest BCUT2D eigenvalue weighted by molar-refractivity contribution is 5.85. The van der Waals surface area contributed by atoms with Gasteiger partial charge < -0.3 is 4.74 Å². The molecule has 0 aromatic carbocycles. The van der Waals surface area contributed by atoms with Gasteiger partial charge in [-0.3, -0.25) is 9.59 Å². The van der Waals surface area contributed by atoms with Crippen LogP contribution in [-0.2, 0) is 14.3 Å². The molecule has 66 valence electrons. The molecule has 0 radical (unpaired) electrons. The van der Waals surface area contributed by atoms with Crippen molar-refractivity contribution in [3.8, 4) is 0 Å². The maximum atomic E-state index is 10.9. The Kier molecular flexibility index (Phi) is 3.02. The van der Waals surface area contributed by atoms with Crippen molar-refractivity contribution in [2.45, 2.75) is 32.6 Å². The summed E-state index contributed by atoms with van der Waals surface area (Å²) in [6.07, 6.45) is 3.58. The standard InChI is InChI=1S/C9H12O3/c1-2-3-9(11)12-8-5-4-7(10)6-8/h5H,2-4,6H2,1H3. The molecule has 0 saturated heterocycles. The second-order valence-corrected chi connectivity index (χ2v) is 2.81. The van der Waals surface area contributed by atoms with E-state index in [1.54, 1.807) is 6.08 Å². The molecule has 0 saturated carbocycles. The molecule has 0 atom stereocenters. The van der Waals surface area contributed by atoms with Crippen molar-refractivity contribution < 1.29 is 14.3 Å². The van der Waals surface area contributed by atoms with E-state index in [0.29, 0.717) is 18.6 Å². The molecule has 0 amide bonds. The highest BCUT2D eigenvalue weighted by Gasteiger charge is 2.16. The lowest BCUT2D eigenvalue weighted by Gasteiger charge is -2.01. The van der Waals surface area contributed by atoms with Crippen LogP contribution in [0.25, 0.3) is 0 Å². The van der Waals surface area contributed by atoms with Crippen molar-refractivity contribution in [3.05, 3.63) is 11.8 Å². The van der Waals surface area contributed by atoms with E-state index in [-0.39, 0.29) is 18.2 Å². The molecule has 1 aliphatic carbocycles. The number of esters is 1. The minimum atomic E-state index is -0.238. The van der Waals surface area contributed by atoms with Gasteiger partial charge in [0.05, 0.1) is 6.42 Å². The number of hydrogen-bond acceptors (Lipinski definition) is 3. The van der Waals surface area contributed by atoms with Crippen LogP contribution in [-0.4, -0.2) is 11.8 Å². The van der Waals surface area contributed by atoms with E-state index in [1.165, 1.54) is 0 Å². The van der Waals surface area contributed by atoms with Gasteiger partial charge in [0.25, 0.3) is 0 Å². The quantitative estimate of drug-likeness (QED) is 0.601. The lowest BCUT2D eigenvalue weighted by molar-refractivity contribution is -0.139. The summed E-state index contributed by atoms with van der Waals surface area (Å²) in [7, 11) is 0. The number of carbonyl (C=O) groups is 2. The van der Waals surface area contributed by atoms with Crippen LogP contribution in [0.3, 0.4) is 0 Å². The predicted molar refractivity (Wildman–Crippen MR) is 43.3 cm³/mol. The highest BCUT2D eigenvalue weighted by Crippen LogP contribution is 2.16. The summed E-state index contributed by atoms with van der Waals surface area (Å²) >= 11 is 0. The third-order valence-corrected chi connectivity index (χ3v) is 1.63. The maximum absolute atomic E-state index is 10.9. The van der Waals surface area contributed by atoms with E-state index < -0.39 is 0 Å². The van der Waals surface area contributed by atoms with Crippen LogP contribution in [0.4, 0.5) is 0 Å². The third kappa shape index (κ3) is 2.49. The van der Waals surface area contributed by atoms with Crippen LogP contribution in [0.15, 0.2) is 11.8 Å². The van der Waals surface area contributed by atoms with Crippen LogP contribution in [0.2, 0.25) is 0 Å². The largest absolute Gasteiger partial charge is 0.431 e. The van der Waals surface area contributed by atoms with Crippen molar-refractivity contribution in [1.82, 2.24) is 0 Å². The fourth-order valence-corrected chi connectivity index (χ4v) is 1.05. The zero-order chi connectivity index (χ0) is 8.97. The summed E-state index contributed by atoms with van der Waals surface area (Å²) in [5.41, 5.74) is 0. The van der Waals surface area contributed by atoms with Crippen LogP contribution in [0.1, 0.15) is 32.6 Å². The van der Waals surface area contributed by atoms with Gasteiger partial charge in [0.1, 0.15) is 11.5 Å². The van der Waals surface area contributed by atoms with Gasteiger partial charge in [0.15, 0.2) is 0 Å². The van der Waals surface area contributed by atoms with Gasteiger partial charge in [0, 0.05) is 12.8 Å². The Morgan fingerprint density at radius 2 is 2.42 bits per heavy atom. The third-order valence-electron chi connectivity index (χ3n) is 1.63. The molecule has 0 unspecified atom stereocenters. The van der Waals surface area contributed by atoms with Gasteiger partial charge in [-0.1, -0.05) is 6.92 Å². The van der Waals surface area contributed by atoms with Crippen molar-refractivity contribution in [3.63, 3.8) is 0 Å². The molecule has 0 aromatic rings. The van der Waals surface area contributed by atoms with Gasteiger partial charge in [-0.25, -0.2) is 0 Å². The van der Waals surface area contributed by atoms with Crippen LogP contribution >= 0.6 is 0 Å². The number of Topliss-reactive ketones (excluding diaryl/α,β-unsaturated/α-hetero) is 1. The molecule has 1 rings (SSSR count). The zero-order valence-electron chi connectivity index (χ0n) is 7.13. The SMILES string of the molecule is CCCC(=O)OC1=CCC(=O)C1. The molecule has 12 heavy (non-hydrogen) atoms. The molecular weight excluding hydrogens is 156 g/mol. The number of ketones is 1. The van der Waals surface area contributed by atoms with Crippen molar-refractivity contribution in [2.24, 2.45) is 0 Å². The number of allylic oxidation sites excluding steroid dienone is 2. The second-order valence-electron chi connectivity index (χ2n) is 2.81. The number of hydrogen-bond donors (Lipinski definition) is 0. The van der Waals surface area contributed by atoms with Gasteiger partial charge in [0.2, 0.25) is 0 Å². The first-order valence-electron chi connectivity index (χ1n) is 4.13. The molecule has 1 aliphatic rings. The van der Waals surface area contributed by atoms with E-state index in [0.717, 1.165) is 6.42 Å². The van der Waals surface area contributed by atoms with Gasteiger partial charge in [-0.05, 0) is 12.5 Å². The minimum absolute atomic E-state index is 0.120.